The minimum Gasteiger partial charge on any atom is -0.378 e. The molecule has 1 amide bonds. The number of carbonyl (C=O) groups excluding carboxylic acids is 1. The van der Waals surface area contributed by atoms with Crippen LogP contribution in [0.5, 0.6) is 0 Å². The monoisotopic (exact) mass is 320 g/mol. The Kier molecular flexibility index (Phi) is 5.67. The maximum Gasteiger partial charge on any atom is 0.239 e. The number of nitrogens with zero attached hydrogens (tertiary/aromatic N) is 2. The number of H-pyrrole nitrogens is 1. The number of amides is 1. The molecule has 3 rings (SSSR count). The molecule has 2 heterocycles. The van der Waals surface area contributed by atoms with E-state index in [0.29, 0.717) is 13.2 Å². The minimum absolute atomic E-state index is 0.111. The zero-order valence-corrected chi connectivity index (χ0v) is 14.0. The van der Waals surface area contributed by atoms with Gasteiger partial charge in [0.1, 0.15) is 6.04 Å². The molecule has 0 aromatic carbocycles. The lowest BCUT2D eigenvalue weighted by Gasteiger charge is -2.39. The first-order valence-corrected chi connectivity index (χ1v) is 8.82. The molecule has 2 fully saturated rings. The molecule has 1 saturated heterocycles. The summed E-state index contributed by atoms with van der Waals surface area (Å²) in [6.07, 6.45) is 7.72. The van der Waals surface area contributed by atoms with Gasteiger partial charge in [0.05, 0.1) is 19.4 Å². The molecule has 1 unspecified atom stereocenters. The summed E-state index contributed by atoms with van der Waals surface area (Å²) in [4.78, 5) is 14.8. The fourth-order valence-corrected chi connectivity index (χ4v) is 3.34. The van der Waals surface area contributed by atoms with Crippen LogP contribution in [0.25, 0.3) is 0 Å². The number of carbonyl (C=O) groups is 1. The van der Waals surface area contributed by atoms with Crippen LogP contribution in [0.3, 0.4) is 0 Å². The maximum absolute atomic E-state index is 12.5. The molecular weight excluding hydrogens is 292 g/mol. The first-order valence-electron chi connectivity index (χ1n) is 8.82. The van der Waals surface area contributed by atoms with Crippen LogP contribution in [0.2, 0.25) is 0 Å². The standard InChI is InChI=1S/C17H28N4O2/c1-13-15(10-19-20-13)6-3-7-18-17(22)16-12-23-9-8-21(16)11-14-4-2-5-14/h10,14,16H,2-9,11-12H2,1H3,(H,18,22)(H,19,20). The molecule has 0 bridgehead atoms. The quantitative estimate of drug-likeness (QED) is 0.742. The number of morpholine rings is 1. The van der Waals surface area contributed by atoms with E-state index in [1.165, 1.54) is 24.8 Å². The molecule has 6 nitrogen and oxygen atoms in total. The van der Waals surface area contributed by atoms with Crippen LogP contribution in [0.4, 0.5) is 0 Å². The lowest BCUT2D eigenvalue weighted by molar-refractivity contribution is -0.133. The molecule has 128 valence electrons. The van der Waals surface area contributed by atoms with Crippen molar-refractivity contribution in [1.82, 2.24) is 20.4 Å². The van der Waals surface area contributed by atoms with Crippen LogP contribution < -0.4 is 5.32 Å². The Bertz CT molecular complexity index is 512. The second kappa shape index (κ2) is 7.93. The van der Waals surface area contributed by atoms with E-state index in [-0.39, 0.29) is 11.9 Å². The van der Waals surface area contributed by atoms with Gasteiger partial charge >= 0.3 is 0 Å². The summed E-state index contributed by atoms with van der Waals surface area (Å²) in [6.45, 7) is 5.93. The van der Waals surface area contributed by atoms with E-state index >= 15 is 0 Å². The predicted octanol–water partition coefficient (Wildman–Crippen LogP) is 1.27. The van der Waals surface area contributed by atoms with E-state index in [0.717, 1.165) is 44.1 Å². The summed E-state index contributed by atoms with van der Waals surface area (Å²) in [5.74, 6) is 0.903. The third-order valence-corrected chi connectivity index (χ3v) is 5.12. The molecule has 23 heavy (non-hydrogen) atoms. The Morgan fingerprint density at radius 1 is 1.52 bits per heavy atom. The zero-order valence-electron chi connectivity index (χ0n) is 14.0. The van der Waals surface area contributed by atoms with Crippen molar-refractivity contribution in [3.8, 4) is 0 Å². The van der Waals surface area contributed by atoms with Crippen molar-refractivity contribution in [2.75, 3.05) is 32.8 Å². The number of aryl methyl sites for hydroxylation is 2. The number of rotatable bonds is 7. The first-order chi connectivity index (χ1) is 11.2. The first kappa shape index (κ1) is 16.5. The van der Waals surface area contributed by atoms with Crippen LogP contribution in [0, 0.1) is 12.8 Å². The number of hydrogen-bond acceptors (Lipinski definition) is 4. The molecule has 1 saturated carbocycles. The molecule has 1 aliphatic heterocycles. The van der Waals surface area contributed by atoms with Crippen LogP contribution in [0.1, 0.15) is 36.9 Å². The van der Waals surface area contributed by atoms with Gasteiger partial charge in [-0.2, -0.15) is 5.10 Å². The summed E-state index contributed by atoms with van der Waals surface area (Å²) in [5, 5.41) is 10.1. The average Bonchev–Trinajstić information content (AvgIpc) is 2.93. The topological polar surface area (TPSA) is 70.2 Å². The highest BCUT2D eigenvalue weighted by Gasteiger charge is 2.32. The molecule has 0 spiro atoms. The van der Waals surface area contributed by atoms with E-state index in [2.05, 4.69) is 20.4 Å². The number of ether oxygens (including phenoxy) is 1. The van der Waals surface area contributed by atoms with Crippen molar-refractivity contribution in [3.63, 3.8) is 0 Å². The van der Waals surface area contributed by atoms with E-state index in [4.69, 9.17) is 4.74 Å². The minimum atomic E-state index is -0.111. The Morgan fingerprint density at radius 3 is 3.09 bits per heavy atom. The van der Waals surface area contributed by atoms with Gasteiger partial charge in [-0.15, -0.1) is 0 Å². The summed E-state index contributed by atoms with van der Waals surface area (Å²) < 4.78 is 5.53. The summed E-state index contributed by atoms with van der Waals surface area (Å²) >= 11 is 0. The number of aromatic nitrogens is 2. The number of hydrogen-bond donors (Lipinski definition) is 2. The van der Waals surface area contributed by atoms with Gasteiger partial charge in [-0.1, -0.05) is 6.42 Å². The average molecular weight is 320 g/mol. The highest BCUT2D eigenvalue weighted by atomic mass is 16.5. The molecule has 2 aliphatic rings. The van der Waals surface area contributed by atoms with Gasteiger partial charge in [0.25, 0.3) is 0 Å². The largest absolute Gasteiger partial charge is 0.378 e. The lowest BCUT2D eigenvalue weighted by Crippen LogP contribution is -2.55. The van der Waals surface area contributed by atoms with Crippen LogP contribution in [0.15, 0.2) is 6.20 Å². The van der Waals surface area contributed by atoms with E-state index in [1.54, 1.807) is 0 Å². The van der Waals surface area contributed by atoms with Crippen molar-refractivity contribution in [2.45, 2.75) is 45.1 Å². The Morgan fingerprint density at radius 2 is 2.39 bits per heavy atom. The maximum atomic E-state index is 12.5. The van der Waals surface area contributed by atoms with Gasteiger partial charge in [0, 0.05) is 25.3 Å². The molecule has 2 N–H and O–H groups in total. The third-order valence-electron chi connectivity index (χ3n) is 5.12. The van der Waals surface area contributed by atoms with Crippen molar-refractivity contribution in [3.05, 3.63) is 17.5 Å². The predicted molar refractivity (Wildman–Crippen MR) is 88.2 cm³/mol. The highest BCUT2D eigenvalue weighted by Crippen LogP contribution is 2.28. The van der Waals surface area contributed by atoms with Crippen LogP contribution >= 0.6 is 0 Å². The molecule has 1 aromatic rings. The second-order valence-electron chi connectivity index (χ2n) is 6.80. The molecule has 6 heteroatoms. The molecule has 1 atom stereocenters. The van der Waals surface area contributed by atoms with Gasteiger partial charge in [-0.3, -0.25) is 14.8 Å². The zero-order chi connectivity index (χ0) is 16.1. The molecular formula is C17H28N4O2. The lowest BCUT2D eigenvalue weighted by atomic mass is 9.84. The fraction of sp³-hybridized carbons (Fsp3) is 0.765. The van der Waals surface area contributed by atoms with Crippen LogP contribution in [-0.2, 0) is 16.0 Å². The van der Waals surface area contributed by atoms with Crippen molar-refractivity contribution < 1.29 is 9.53 Å². The Balaban J connectivity index is 1.41. The Hall–Kier alpha value is -1.40. The van der Waals surface area contributed by atoms with Crippen molar-refractivity contribution in [2.24, 2.45) is 5.92 Å². The van der Waals surface area contributed by atoms with Gasteiger partial charge in [-0.05, 0) is 44.1 Å². The van der Waals surface area contributed by atoms with E-state index in [1.807, 2.05) is 13.1 Å². The summed E-state index contributed by atoms with van der Waals surface area (Å²) in [6, 6.07) is -0.111. The van der Waals surface area contributed by atoms with Crippen molar-refractivity contribution in [1.29, 1.82) is 0 Å². The van der Waals surface area contributed by atoms with Crippen molar-refractivity contribution >= 4 is 5.91 Å². The second-order valence-corrected chi connectivity index (χ2v) is 6.80. The van der Waals surface area contributed by atoms with Gasteiger partial charge in [0.15, 0.2) is 0 Å². The van der Waals surface area contributed by atoms with Gasteiger partial charge < -0.3 is 10.1 Å². The fourth-order valence-electron chi connectivity index (χ4n) is 3.34. The SMILES string of the molecule is Cc1[nH]ncc1CCCNC(=O)C1COCCN1CC1CCC1. The number of aromatic amines is 1. The van der Waals surface area contributed by atoms with E-state index in [9.17, 15) is 4.79 Å². The normalized spacial score (nSPS) is 22.7. The van der Waals surface area contributed by atoms with Gasteiger partial charge in [-0.25, -0.2) is 0 Å². The molecule has 0 radical (unpaired) electrons. The summed E-state index contributed by atoms with van der Waals surface area (Å²) in [7, 11) is 0. The van der Waals surface area contributed by atoms with Gasteiger partial charge in [0.2, 0.25) is 5.91 Å². The third kappa shape index (κ3) is 4.32. The van der Waals surface area contributed by atoms with E-state index < -0.39 is 0 Å². The highest BCUT2D eigenvalue weighted by molar-refractivity contribution is 5.82. The number of nitrogens with one attached hydrogen (secondary N) is 2. The van der Waals surface area contributed by atoms with Crippen LogP contribution in [-0.4, -0.2) is 59.9 Å². The summed E-state index contributed by atoms with van der Waals surface area (Å²) in [5.41, 5.74) is 2.34. The smallest absolute Gasteiger partial charge is 0.239 e. The molecule has 1 aliphatic carbocycles. The Labute approximate surface area is 138 Å². The molecule has 1 aromatic heterocycles.